The minimum Gasteiger partial charge on any atom is -0.388 e. The van der Waals surface area contributed by atoms with Crippen molar-refractivity contribution in [2.24, 2.45) is 0 Å². The first kappa shape index (κ1) is 8.06. The number of rotatable bonds is 2. The van der Waals surface area contributed by atoms with E-state index in [4.69, 9.17) is 5.11 Å². The van der Waals surface area contributed by atoms with E-state index in [0.29, 0.717) is 6.92 Å². The fourth-order valence-corrected chi connectivity index (χ4v) is 0.496. The number of hydrogen-bond donors (Lipinski definition) is 1. The predicted octanol–water partition coefficient (Wildman–Crippen LogP) is 0.674. The first-order chi connectivity index (χ1) is 5.04. The van der Waals surface area contributed by atoms with E-state index in [1.54, 1.807) is 0 Å². The Balaban J connectivity index is 2.89. The lowest BCUT2D eigenvalue weighted by Crippen LogP contribution is -2.07. The normalized spacial score (nSPS) is 12.0. The molecule has 4 nitrogen and oxygen atoms in total. The SMILES string of the molecule is CC(F)(F)c1nc(CO)no1. The third kappa shape index (κ3) is 1.70. The van der Waals surface area contributed by atoms with Crippen molar-refractivity contribution in [3.05, 3.63) is 11.7 Å². The van der Waals surface area contributed by atoms with Crippen molar-refractivity contribution in [1.82, 2.24) is 10.1 Å². The second kappa shape index (κ2) is 2.54. The molecule has 0 amide bonds. The van der Waals surface area contributed by atoms with Crippen LogP contribution in [0.4, 0.5) is 8.78 Å². The fraction of sp³-hybridized carbons (Fsp3) is 0.600. The number of hydrogen-bond acceptors (Lipinski definition) is 4. The maximum Gasteiger partial charge on any atom is 0.322 e. The Labute approximate surface area is 60.8 Å². The van der Waals surface area contributed by atoms with E-state index in [0.717, 1.165) is 0 Å². The average molecular weight is 164 g/mol. The zero-order valence-corrected chi connectivity index (χ0v) is 5.71. The minimum atomic E-state index is -3.14. The van der Waals surface area contributed by atoms with Crippen LogP contribution in [0.25, 0.3) is 0 Å². The van der Waals surface area contributed by atoms with Crippen LogP contribution in [0, 0.1) is 0 Å². The second-order valence-corrected chi connectivity index (χ2v) is 2.06. The van der Waals surface area contributed by atoms with Crippen molar-refractivity contribution in [3.8, 4) is 0 Å². The Hall–Kier alpha value is -1.04. The highest BCUT2D eigenvalue weighted by molar-refractivity contribution is 4.90. The highest BCUT2D eigenvalue weighted by atomic mass is 19.3. The molecule has 11 heavy (non-hydrogen) atoms. The van der Waals surface area contributed by atoms with Crippen LogP contribution in [-0.4, -0.2) is 15.2 Å². The summed E-state index contributed by atoms with van der Waals surface area (Å²) in [6.07, 6.45) is 0. The van der Waals surface area contributed by atoms with Gasteiger partial charge < -0.3 is 9.63 Å². The van der Waals surface area contributed by atoms with Crippen molar-refractivity contribution in [1.29, 1.82) is 0 Å². The van der Waals surface area contributed by atoms with E-state index in [9.17, 15) is 8.78 Å². The van der Waals surface area contributed by atoms with Gasteiger partial charge in [0.2, 0.25) is 0 Å². The van der Waals surface area contributed by atoms with E-state index < -0.39 is 18.4 Å². The Morgan fingerprint density at radius 3 is 2.55 bits per heavy atom. The molecule has 0 bridgehead atoms. The number of halogens is 2. The minimum absolute atomic E-state index is 0.137. The van der Waals surface area contributed by atoms with Crippen LogP contribution in [0.2, 0.25) is 0 Å². The third-order valence-corrected chi connectivity index (χ3v) is 0.985. The molecule has 0 spiro atoms. The summed E-state index contributed by atoms with van der Waals surface area (Å²) in [5.74, 6) is -4.05. The topological polar surface area (TPSA) is 59.2 Å². The van der Waals surface area contributed by atoms with E-state index in [1.807, 2.05) is 0 Å². The van der Waals surface area contributed by atoms with Gasteiger partial charge in [-0.1, -0.05) is 5.16 Å². The first-order valence-corrected chi connectivity index (χ1v) is 2.86. The van der Waals surface area contributed by atoms with Crippen LogP contribution < -0.4 is 0 Å². The molecule has 0 fully saturated rings. The molecule has 1 N–H and O–H groups in total. The van der Waals surface area contributed by atoms with E-state index in [-0.39, 0.29) is 5.82 Å². The van der Waals surface area contributed by atoms with Crippen molar-refractivity contribution in [2.75, 3.05) is 0 Å². The maximum atomic E-state index is 12.3. The zero-order chi connectivity index (χ0) is 8.48. The highest BCUT2D eigenvalue weighted by Crippen LogP contribution is 2.24. The largest absolute Gasteiger partial charge is 0.388 e. The molecule has 0 aromatic carbocycles. The summed E-state index contributed by atoms with van der Waals surface area (Å²) < 4.78 is 28.8. The number of aromatic nitrogens is 2. The summed E-state index contributed by atoms with van der Waals surface area (Å²) in [5.41, 5.74) is 0. The van der Waals surface area contributed by atoms with Gasteiger partial charge in [0, 0.05) is 6.92 Å². The maximum absolute atomic E-state index is 12.3. The molecule has 0 atom stereocenters. The van der Waals surface area contributed by atoms with Gasteiger partial charge in [-0.05, 0) is 0 Å². The Morgan fingerprint density at radius 1 is 1.64 bits per heavy atom. The van der Waals surface area contributed by atoms with Gasteiger partial charge in [-0.3, -0.25) is 0 Å². The van der Waals surface area contributed by atoms with Gasteiger partial charge in [-0.25, -0.2) is 0 Å². The molecule has 0 radical (unpaired) electrons. The summed E-state index contributed by atoms with van der Waals surface area (Å²) in [6, 6.07) is 0. The van der Waals surface area contributed by atoms with Crippen molar-refractivity contribution in [2.45, 2.75) is 19.5 Å². The summed E-state index contributed by atoms with van der Waals surface area (Å²) >= 11 is 0. The predicted molar refractivity (Wildman–Crippen MR) is 29.8 cm³/mol. The van der Waals surface area contributed by atoms with Crippen molar-refractivity contribution < 1.29 is 18.4 Å². The van der Waals surface area contributed by atoms with Gasteiger partial charge in [0.05, 0.1) is 0 Å². The summed E-state index contributed by atoms with van der Waals surface area (Å²) in [5, 5.41) is 11.5. The molecular weight excluding hydrogens is 158 g/mol. The van der Waals surface area contributed by atoms with Crippen LogP contribution in [0.3, 0.4) is 0 Å². The van der Waals surface area contributed by atoms with Gasteiger partial charge in [-0.2, -0.15) is 13.8 Å². The second-order valence-electron chi connectivity index (χ2n) is 2.06. The molecular formula is C5H6F2N2O2. The number of nitrogens with zero attached hydrogens (tertiary/aromatic N) is 2. The molecule has 1 aromatic rings. The number of alkyl halides is 2. The van der Waals surface area contributed by atoms with Gasteiger partial charge in [0.1, 0.15) is 6.61 Å². The molecule has 62 valence electrons. The molecule has 0 aliphatic heterocycles. The molecule has 1 rings (SSSR count). The highest BCUT2D eigenvalue weighted by Gasteiger charge is 2.31. The van der Waals surface area contributed by atoms with Crippen molar-refractivity contribution >= 4 is 0 Å². The Morgan fingerprint density at radius 2 is 2.27 bits per heavy atom. The average Bonchev–Trinajstić information content (AvgIpc) is 2.32. The monoisotopic (exact) mass is 164 g/mol. The molecule has 0 unspecified atom stereocenters. The van der Waals surface area contributed by atoms with Gasteiger partial charge in [-0.15, -0.1) is 0 Å². The van der Waals surface area contributed by atoms with Crippen LogP contribution in [0.1, 0.15) is 18.6 Å². The molecule has 0 saturated carbocycles. The quantitative estimate of drug-likeness (QED) is 0.697. The lowest BCUT2D eigenvalue weighted by atomic mass is 10.4. The number of aliphatic hydroxyl groups is 1. The molecule has 0 saturated heterocycles. The van der Waals surface area contributed by atoms with E-state index in [1.165, 1.54) is 0 Å². The third-order valence-electron chi connectivity index (χ3n) is 0.985. The van der Waals surface area contributed by atoms with Gasteiger partial charge in [0.15, 0.2) is 5.82 Å². The molecule has 0 aliphatic rings. The van der Waals surface area contributed by atoms with Crippen molar-refractivity contribution in [3.63, 3.8) is 0 Å². The lowest BCUT2D eigenvalue weighted by molar-refractivity contribution is -0.0158. The van der Waals surface area contributed by atoms with Crippen LogP contribution in [0.15, 0.2) is 4.52 Å². The number of aliphatic hydroxyl groups excluding tert-OH is 1. The van der Waals surface area contributed by atoms with Crippen LogP contribution in [0.5, 0.6) is 0 Å². The summed E-state index contributed by atoms with van der Waals surface area (Å²) in [4.78, 5) is 3.22. The summed E-state index contributed by atoms with van der Waals surface area (Å²) in [7, 11) is 0. The zero-order valence-electron chi connectivity index (χ0n) is 5.71. The first-order valence-electron chi connectivity index (χ1n) is 2.86. The molecule has 0 aliphatic carbocycles. The standard InChI is InChI=1S/C5H6F2N2O2/c1-5(6,7)4-8-3(2-10)9-11-4/h10H,2H2,1H3. The van der Waals surface area contributed by atoms with Gasteiger partial charge in [0.25, 0.3) is 5.89 Å². The Kier molecular flexibility index (Phi) is 1.86. The smallest absolute Gasteiger partial charge is 0.322 e. The molecule has 6 heteroatoms. The Bertz CT molecular complexity index is 243. The summed E-state index contributed by atoms with van der Waals surface area (Å²) in [6.45, 7) is 0.140. The lowest BCUT2D eigenvalue weighted by Gasteiger charge is -2.00. The van der Waals surface area contributed by atoms with E-state index in [2.05, 4.69) is 14.7 Å². The molecule has 1 aromatic heterocycles. The van der Waals surface area contributed by atoms with Crippen LogP contribution >= 0.6 is 0 Å². The fourth-order valence-electron chi connectivity index (χ4n) is 0.496. The molecule has 1 heterocycles. The van der Waals surface area contributed by atoms with E-state index >= 15 is 0 Å². The van der Waals surface area contributed by atoms with Gasteiger partial charge >= 0.3 is 5.92 Å². The van der Waals surface area contributed by atoms with Crippen LogP contribution in [-0.2, 0) is 12.5 Å².